The van der Waals surface area contributed by atoms with Crippen LogP contribution in [0.1, 0.15) is 37.4 Å². The van der Waals surface area contributed by atoms with Crippen molar-refractivity contribution in [2.45, 2.75) is 38.8 Å². The van der Waals surface area contributed by atoms with Gasteiger partial charge in [0.05, 0.1) is 25.4 Å². The Morgan fingerprint density at radius 2 is 2.24 bits per heavy atom. The maximum atomic E-state index is 6.16. The molecule has 1 atom stereocenters. The molecule has 0 radical (unpaired) electrons. The lowest BCUT2D eigenvalue weighted by atomic mass is 9.99. The molecule has 0 amide bonds. The first-order valence-corrected chi connectivity index (χ1v) is 6.30. The molecule has 0 bridgehead atoms. The minimum absolute atomic E-state index is 0.106. The lowest BCUT2D eigenvalue weighted by Gasteiger charge is -2.23. The largest absolute Gasteiger partial charge is 0.493 e. The van der Waals surface area contributed by atoms with Crippen LogP contribution in [0.15, 0.2) is 18.2 Å². The summed E-state index contributed by atoms with van der Waals surface area (Å²) in [5.74, 6) is 0.985. The van der Waals surface area contributed by atoms with Crippen LogP contribution in [0.2, 0.25) is 0 Å². The standard InChI is InChI=1S/C14H21NO2/c1-10(2)17-9-13(15)12-7-3-5-11-6-4-8-16-14(11)12/h3,5,7,10,13H,4,6,8-9,15H2,1-2H3. The van der Waals surface area contributed by atoms with Gasteiger partial charge in [0, 0.05) is 5.56 Å². The summed E-state index contributed by atoms with van der Waals surface area (Å²) in [4.78, 5) is 0. The van der Waals surface area contributed by atoms with Crippen molar-refractivity contribution in [1.29, 1.82) is 0 Å². The predicted molar refractivity (Wildman–Crippen MR) is 68.3 cm³/mol. The zero-order valence-corrected chi connectivity index (χ0v) is 10.6. The van der Waals surface area contributed by atoms with Crippen LogP contribution < -0.4 is 10.5 Å². The molecular formula is C14H21NO2. The van der Waals surface area contributed by atoms with Crippen molar-refractivity contribution in [2.75, 3.05) is 13.2 Å². The van der Waals surface area contributed by atoms with E-state index >= 15 is 0 Å². The summed E-state index contributed by atoms with van der Waals surface area (Å²) in [5, 5.41) is 0. The number of benzene rings is 1. The summed E-state index contributed by atoms with van der Waals surface area (Å²) in [6.07, 6.45) is 2.39. The molecule has 3 nitrogen and oxygen atoms in total. The highest BCUT2D eigenvalue weighted by Crippen LogP contribution is 2.32. The maximum absolute atomic E-state index is 6.16. The molecule has 0 spiro atoms. The molecule has 0 aliphatic carbocycles. The van der Waals surface area contributed by atoms with Crippen LogP contribution in [0.3, 0.4) is 0 Å². The summed E-state index contributed by atoms with van der Waals surface area (Å²) >= 11 is 0. The van der Waals surface area contributed by atoms with Gasteiger partial charge in [-0.05, 0) is 32.3 Å². The Kier molecular flexibility index (Phi) is 4.02. The van der Waals surface area contributed by atoms with Gasteiger partial charge in [0.1, 0.15) is 5.75 Å². The second-order valence-electron chi connectivity index (χ2n) is 4.78. The summed E-state index contributed by atoms with van der Waals surface area (Å²) in [7, 11) is 0. The van der Waals surface area contributed by atoms with Crippen molar-refractivity contribution >= 4 is 0 Å². The molecule has 2 N–H and O–H groups in total. The van der Waals surface area contributed by atoms with E-state index in [1.54, 1.807) is 0 Å². The minimum Gasteiger partial charge on any atom is -0.493 e. The topological polar surface area (TPSA) is 44.5 Å². The highest BCUT2D eigenvalue weighted by atomic mass is 16.5. The predicted octanol–water partition coefficient (Wildman–Crippen LogP) is 2.44. The van der Waals surface area contributed by atoms with Gasteiger partial charge in [0.15, 0.2) is 0 Å². The molecule has 2 rings (SSSR count). The van der Waals surface area contributed by atoms with Crippen LogP contribution in [-0.4, -0.2) is 19.3 Å². The Balaban J connectivity index is 2.14. The lowest BCUT2D eigenvalue weighted by molar-refractivity contribution is 0.0676. The van der Waals surface area contributed by atoms with Crippen LogP contribution in [0, 0.1) is 0 Å². The molecule has 1 aliphatic rings. The quantitative estimate of drug-likeness (QED) is 0.871. The number of aryl methyl sites for hydroxylation is 1. The molecule has 1 aliphatic heterocycles. The van der Waals surface area contributed by atoms with E-state index < -0.39 is 0 Å². The molecule has 0 saturated carbocycles. The Bertz CT molecular complexity index is 376. The van der Waals surface area contributed by atoms with Crippen LogP contribution >= 0.6 is 0 Å². The van der Waals surface area contributed by atoms with Gasteiger partial charge in [-0.1, -0.05) is 18.2 Å². The molecule has 1 unspecified atom stereocenters. The normalized spacial score (nSPS) is 16.5. The van der Waals surface area contributed by atoms with E-state index in [1.165, 1.54) is 5.56 Å². The molecule has 1 aromatic carbocycles. The molecule has 1 aromatic rings. The molecule has 94 valence electrons. The first kappa shape index (κ1) is 12.4. The second-order valence-corrected chi connectivity index (χ2v) is 4.78. The highest BCUT2D eigenvalue weighted by molar-refractivity contribution is 5.44. The van der Waals surface area contributed by atoms with Gasteiger partial charge in [-0.3, -0.25) is 0 Å². The van der Waals surface area contributed by atoms with Crippen LogP contribution in [0.25, 0.3) is 0 Å². The zero-order chi connectivity index (χ0) is 12.3. The number of rotatable bonds is 4. The Morgan fingerprint density at radius 1 is 1.41 bits per heavy atom. The number of para-hydroxylation sites is 1. The Hall–Kier alpha value is -1.06. The van der Waals surface area contributed by atoms with Gasteiger partial charge in [0.25, 0.3) is 0 Å². The van der Waals surface area contributed by atoms with E-state index in [0.717, 1.165) is 30.8 Å². The first-order chi connectivity index (χ1) is 8.18. The molecule has 0 aromatic heterocycles. The average molecular weight is 235 g/mol. The summed E-state index contributed by atoms with van der Waals surface area (Å²) in [6, 6.07) is 6.11. The van der Waals surface area contributed by atoms with Crippen molar-refractivity contribution in [3.63, 3.8) is 0 Å². The molecule has 0 fully saturated rings. The fourth-order valence-electron chi connectivity index (χ4n) is 2.09. The van der Waals surface area contributed by atoms with Crippen molar-refractivity contribution in [3.8, 4) is 5.75 Å². The third-order valence-electron chi connectivity index (χ3n) is 2.97. The lowest BCUT2D eigenvalue weighted by Crippen LogP contribution is -2.22. The summed E-state index contributed by atoms with van der Waals surface area (Å²) < 4.78 is 11.3. The SMILES string of the molecule is CC(C)OCC(N)c1cccc2c1OCCC2. The molecular weight excluding hydrogens is 214 g/mol. The summed E-state index contributed by atoms with van der Waals surface area (Å²) in [5.41, 5.74) is 8.51. The Labute approximate surface area is 103 Å². The van der Waals surface area contributed by atoms with E-state index in [2.05, 4.69) is 12.1 Å². The van der Waals surface area contributed by atoms with Crippen molar-refractivity contribution in [1.82, 2.24) is 0 Å². The highest BCUT2D eigenvalue weighted by Gasteiger charge is 2.18. The smallest absolute Gasteiger partial charge is 0.127 e. The van der Waals surface area contributed by atoms with Gasteiger partial charge >= 0.3 is 0 Å². The monoisotopic (exact) mass is 235 g/mol. The average Bonchev–Trinajstić information content (AvgIpc) is 2.35. The number of hydrogen-bond acceptors (Lipinski definition) is 3. The van der Waals surface area contributed by atoms with Gasteiger partial charge in [-0.25, -0.2) is 0 Å². The van der Waals surface area contributed by atoms with Crippen molar-refractivity contribution in [2.24, 2.45) is 5.73 Å². The van der Waals surface area contributed by atoms with E-state index in [9.17, 15) is 0 Å². The number of nitrogens with two attached hydrogens (primary N) is 1. The van der Waals surface area contributed by atoms with Gasteiger partial charge in [0.2, 0.25) is 0 Å². The number of hydrogen-bond donors (Lipinski definition) is 1. The van der Waals surface area contributed by atoms with Gasteiger partial charge < -0.3 is 15.2 Å². The summed E-state index contributed by atoms with van der Waals surface area (Å²) in [6.45, 7) is 5.37. The third-order valence-corrected chi connectivity index (χ3v) is 2.97. The van der Waals surface area contributed by atoms with E-state index in [4.69, 9.17) is 15.2 Å². The molecule has 17 heavy (non-hydrogen) atoms. The maximum Gasteiger partial charge on any atom is 0.127 e. The van der Waals surface area contributed by atoms with Crippen LogP contribution in [-0.2, 0) is 11.2 Å². The molecule has 0 saturated heterocycles. The van der Waals surface area contributed by atoms with E-state index in [-0.39, 0.29) is 12.1 Å². The Morgan fingerprint density at radius 3 is 3.00 bits per heavy atom. The van der Waals surface area contributed by atoms with Gasteiger partial charge in [-0.2, -0.15) is 0 Å². The van der Waals surface area contributed by atoms with E-state index in [0.29, 0.717) is 6.61 Å². The zero-order valence-electron chi connectivity index (χ0n) is 10.6. The first-order valence-electron chi connectivity index (χ1n) is 6.30. The van der Waals surface area contributed by atoms with Crippen LogP contribution in [0.5, 0.6) is 5.75 Å². The van der Waals surface area contributed by atoms with Gasteiger partial charge in [-0.15, -0.1) is 0 Å². The van der Waals surface area contributed by atoms with Crippen molar-refractivity contribution < 1.29 is 9.47 Å². The second kappa shape index (κ2) is 5.52. The molecule has 1 heterocycles. The molecule has 3 heteroatoms. The minimum atomic E-state index is -0.106. The number of fused-ring (bicyclic) bond motifs is 1. The van der Waals surface area contributed by atoms with Crippen LogP contribution in [0.4, 0.5) is 0 Å². The third kappa shape index (κ3) is 2.99. The van der Waals surface area contributed by atoms with E-state index in [1.807, 2.05) is 19.9 Å². The number of ether oxygens (including phenoxy) is 2. The fraction of sp³-hybridized carbons (Fsp3) is 0.571. The van der Waals surface area contributed by atoms with Crippen molar-refractivity contribution in [3.05, 3.63) is 29.3 Å². The fourth-order valence-corrected chi connectivity index (χ4v) is 2.09.